The van der Waals surface area contributed by atoms with Gasteiger partial charge in [-0.25, -0.2) is 0 Å². The Kier molecular flexibility index (Phi) is 4.29. The molecule has 0 aliphatic carbocycles. The van der Waals surface area contributed by atoms with Crippen molar-refractivity contribution in [2.24, 2.45) is 0 Å². The lowest BCUT2D eigenvalue weighted by Gasteiger charge is -2.15. The van der Waals surface area contributed by atoms with E-state index in [1.807, 2.05) is 13.0 Å². The molecule has 2 rings (SSSR count). The Morgan fingerprint density at radius 2 is 2.05 bits per heavy atom. The zero-order chi connectivity index (χ0) is 14.7. The number of benzene rings is 2. The van der Waals surface area contributed by atoms with Gasteiger partial charge < -0.3 is 16.2 Å². The summed E-state index contributed by atoms with van der Waals surface area (Å²) in [7, 11) is 0. The van der Waals surface area contributed by atoms with Crippen LogP contribution >= 0.6 is 15.9 Å². The number of carbonyl (C=O) groups excluding carboxylic acids is 1. The van der Waals surface area contributed by atoms with E-state index in [1.54, 1.807) is 36.4 Å². The van der Waals surface area contributed by atoms with E-state index in [-0.39, 0.29) is 17.7 Å². The number of aromatic hydroxyl groups is 1. The molecule has 5 heteroatoms. The standard InChI is InChI=1S/C15H15BrN2O2/c1-9(10-3-2-4-14(19)7-10)18-15(20)11-5-12(16)8-13(17)6-11/h2-9,19H,17H2,1H3,(H,18,20). The van der Waals surface area contributed by atoms with Crippen LogP contribution in [0.15, 0.2) is 46.9 Å². The summed E-state index contributed by atoms with van der Waals surface area (Å²) in [6, 6.07) is 11.7. The van der Waals surface area contributed by atoms with Crippen molar-refractivity contribution < 1.29 is 9.90 Å². The van der Waals surface area contributed by atoms with E-state index >= 15 is 0 Å². The van der Waals surface area contributed by atoms with E-state index in [9.17, 15) is 9.90 Å². The highest BCUT2D eigenvalue weighted by molar-refractivity contribution is 9.10. The highest BCUT2D eigenvalue weighted by Gasteiger charge is 2.12. The number of rotatable bonds is 3. The summed E-state index contributed by atoms with van der Waals surface area (Å²) in [5.74, 6) is -0.0378. The topological polar surface area (TPSA) is 75.4 Å². The Morgan fingerprint density at radius 1 is 1.30 bits per heavy atom. The summed E-state index contributed by atoms with van der Waals surface area (Å²) in [5, 5.41) is 12.3. The van der Waals surface area contributed by atoms with E-state index in [1.165, 1.54) is 0 Å². The molecule has 20 heavy (non-hydrogen) atoms. The molecule has 4 nitrogen and oxygen atoms in total. The largest absolute Gasteiger partial charge is 0.508 e. The summed E-state index contributed by atoms with van der Waals surface area (Å²) >= 11 is 3.31. The molecule has 0 radical (unpaired) electrons. The summed E-state index contributed by atoms with van der Waals surface area (Å²) in [6.45, 7) is 1.86. The van der Waals surface area contributed by atoms with Crippen LogP contribution < -0.4 is 11.1 Å². The molecular formula is C15H15BrN2O2. The number of nitrogens with one attached hydrogen (secondary N) is 1. The molecule has 0 bridgehead atoms. The van der Waals surface area contributed by atoms with Gasteiger partial charge in [0.25, 0.3) is 5.91 Å². The van der Waals surface area contributed by atoms with Crippen LogP contribution in [0.2, 0.25) is 0 Å². The number of nitrogen functional groups attached to an aromatic ring is 1. The quantitative estimate of drug-likeness (QED) is 0.754. The van der Waals surface area contributed by atoms with Crippen molar-refractivity contribution in [1.82, 2.24) is 5.32 Å². The molecule has 1 amide bonds. The van der Waals surface area contributed by atoms with Crippen molar-refractivity contribution in [2.45, 2.75) is 13.0 Å². The van der Waals surface area contributed by atoms with Gasteiger partial charge in [0.2, 0.25) is 0 Å². The maximum absolute atomic E-state index is 12.2. The van der Waals surface area contributed by atoms with Crippen molar-refractivity contribution in [3.63, 3.8) is 0 Å². The molecule has 0 aliphatic rings. The smallest absolute Gasteiger partial charge is 0.251 e. The lowest BCUT2D eigenvalue weighted by molar-refractivity contribution is 0.0940. The number of hydrogen-bond acceptors (Lipinski definition) is 3. The van der Waals surface area contributed by atoms with Crippen LogP contribution in [0.25, 0.3) is 0 Å². The fourth-order valence-corrected chi connectivity index (χ4v) is 2.41. The molecule has 0 saturated heterocycles. The maximum atomic E-state index is 12.2. The number of nitrogens with two attached hydrogens (primary N) is 1. The van der Waals surface area contributed by atoms with Crippen LogP contribution in [0.4, 0.5) is 5.69 Å². The van der Waals surface area contributed by atoms with Gasteiger partial charge >= 0.3 is 0 Å². The van der Waals surface area contributed by atoms with Gasteiger partial charge in [0.1, 0.15) is 5.75 Å². The van der Waals surface area contributed by atoms with Crippen LogP contribution in [0, 0.1) is 0 Å². The van der Waals surface area contributed by atoms with E-state index in [2.05, 4.69) is 21.2 Å². The van der Waals surface area contributed by atoms with Gasteiger partial charge in [-0.15, -0.1) is 0 Å². The monoisotopic (exact) mass is 334 g/mol. The SMILES string of the molecule is CC(NC(=O)c1cc(N)cc(Br)c1)c1cccc(O)c1. The van der Waals surface area contributed by atoms with Crippen molar-refractivity contribution >= 4 is 27.5 Å². The lowest BCUT2D eigenvalue weighted by Crippen LogP contribution is -2.26. The van der Waals surface area contributed by atoms with Gasteiger partial charge in [-0.1, -0.05) is 28.1 Å². The number of phenols is 1. The van der Waals surface area contributed by atoms with Gasteiger partial charge in [0, 0.05) is 15.7 Å². The normalized spacial score (nSPS) is 11.9. The number of carbonyl (C=O) groups is 1. The molecule has 0 heterocycles. The molecule has 1 atom stereocenters. The Hall–Kier alpha value is -2.01. The number of anilines is 1. The Bertz CT molecular complexity index is 623. The van der Waals surface area contributed by atoms with E-state index in [4.69, 9.17) is 5.73 Å². The first-order valence-electron chi connectivity index (χ1n) is 6.11. The van der Waals surface area contributed by atoms with Crippen LogP contribution in [0.5, 0.6) is 5.75 Å². The minimum absolute atomic E-state index is 0.176. The Balaban J connectivity index is 2.15. The average Bonchev–Trinajstić information content (AvgIpc) is 2.37. The number of hydrogen-bond donors (Lipinski definition) is 3. The zero-order valence-electron chi connectivity index (χ0n) is 10.9. The van der Waals surface area contributed by atoms with Crippen LogP contribution in [-0.2, 0) is 0 Å². The minimum Gasteiger partial charge on any atom is -0.508 e. The first-order valence-corrected chi connectivity index (χ1v) is 6.91. The molecule has 0 saturated carbocycles. The highest BCUT2D eigenvalue weighted by Crippen LogP contribution is 2.20. The number of phenolic OH excluding ortho intramolecular Hbond substituents is 1. The van der Waals surface area contributed by atoms with Gasteiger partial charge in [0.05, 0.1) is 6.04 Å². The fourth-order valence-electron chi connectivity index (χ4n) is 1.90. The summed E-state index contributed by atoms with van der Waals surface area (Å²) in [4.78, 5) is 12.2. The zero-order valence-corrected chi connectivity index (χ0v) is 12.5. The summed E-state index contributed by atoms with van der Waals surface area (Å²) in [5.41, 5.74) is 7.56. The van der Waals surface area contributed by atoms with Crippen molar-refractivity contribution in [2.75, 3.05) is 5.73 Å². The third-order valence-corrected chi connectivity index (χ3v) is 3.36. The molecule has 2 aromatic carbocycles. The van der Waals surface area contributed by atoms with Gasteiger partial charge in [-0.2, -0.15) is 0 Å². The molecule has 2 aromatic rings. The second kappa shape index (κ2) is 5.96. The predicted molar refractivity (Wildman–Crippen MR) is 82.5 cm³/mol. The summed E-state index contributed by atoms with van der Waals surface area (Å²) < 4.78 is 0.757. The molecule has 0 aromatic heterocycles. The van der Waals surface area contributed by atoms with Crippen molar-refractivity contribution in [3.8, 4) is 5.75 Å². The van der Waals surface area contributed by atoms with Crippen molar-refractivity contribution in [1.29, 1.82) is 0 Å². The van der Waals surface area contributed by atoms with Gasteiger partial charge in [-0.05, 0) is 42.8 Å². The fraction of sp³-hybridized carbons (Fsp3) is 0.133. The predicted octanol–water partition coefficient (Wildman–Crippen LogP) is 3.23. The van der Waals surface area contributed by atoms with Crippen LogP contribution in [0.3, 0.4) is 0 Å². The van der Waals surface area contributed by atoms with E-state index in [0.717, 1.165) is 10.0 Å². The Labute approximate surface area is 125 Å². The molecule has 0 aliphatic heterocycles. The second-order valence-corrected chi connectivity index (χ2v) is 5.48. The molecule has 104 valence electrons. The number of amides is 1. The first kappa shape index (κ1) is 14.4. The second-order valence-electron chi connectivity index (χ2n) is 4.56. The minimum atomic E-state index is -0.214. The lowest BCUT2D eigenvalue weighted by atomic mass is 10.1. The summed E-state index contributed by atoms with van der Waals surface area (Å²) in [6.07, 6.45) is 0. The maximum Gasteiger partial charge on any atom is 0.251 e. The third kappa shape index (κ3) is 3.51. The molecule has 1 unspecified atom stereocenters. The van der Waals surface area contributed by atoms with E-state index in [0.29, 0.717) is 11.3 Å². The molecule has 0 spiro atoms. The third-order valence-electron chi connectivity index (χ3n) is 2.90. The number of halogens is 1. The van der Waals surface area contributed by atoms with Gasteiger partial charge in [-0.3, -0.25) is 4.79 Å². The van der Waals surface area contributed by atoms with Crippen molar-refractivity contribution in [3.05, 3.63) is 58.1 Å². The highest BCUT2D eigenvalue weighted by atomic mass is 79.9. The van der Waals surface area contributed by atoms with Gasteiger partial charge in [0.15, 0.2) is 0 Å². The molecule has 4 N–H and O–H groups in total. The molecule has 0 fully saturated rings. The average molecular weight is 335 g/mol. The first-order chi connectivity index (χ1) is 9.45. The van der Waals surface area contributed by atoms with E-state index < -0.39 is 0 Å². The molecular weight excluding hydrogens is 320 g/mol. The Morgan fingerprint density at radius 3 is 2.70 bits per heavy atom. The van der Waals surface area contributed by atoms with Crippen LogP contribution in [0.1, 0.15) is 28.9 Å². The van der Waals surface area contributed by atoms with Crippen LogP contribution in [-0.4, -0.2) is 11.0 Å².